The van der Waals surface area contributed by atoms with Gasteiger partial charge in [0.2, 0.25) is 0 Å². The van der Waals surface area contributed by atoms with Crippen molar-refractivity contribution in [2.45, 2.75) is 37.1 Å². The summed E-state index contributed by atoms with van der Waals surface area (Å²) in [6.45, 7) is 4.82. The van der Waals surface area contributed by atoms with Gasteiger partial charge in [-0.05, 0) is 16.7 Å². The first-order valence-corrected chi connectivity index (χ1v) is 9.61. The van der Waals surface area contributed by atoms with Crippen LogP contribution >= 0.6 is 0 Å². The van der Waals surface area contributed by atoms with E-state index in [9.17, 15) is 9.90 Å². The van der Waals surface area contributed by atoms with Crippen LogP contribution in [0.4, 0.5) is 4.79 Å². The summed E-state index contributed by atoms with van der Waals surface area (Å²) in [5.74, 6) is 0. The number of carbonyl (C=O) groups is 1. The van der Waals surface area contributed by atoms with E-state index >= 15 is 0 Å². The monoisotopic (exact) mass is 379 g/mol. The molecule has 2 atom stereocenters. The third kappa shape index (κ3) is 3.68. The van der Waals surface area contributed by atoms with Crippen LogP contribution in [0.1, 0.15) is 29.5 Å². The lowest BCUT2D eigenvalue weighted by Gasteiger charge is -2.51. The summed E-state index contributed by atoms with van der Waals surface area (Å²) in [7, 11) is 0. The fraction of sp³-hybridized carbons (Fsp3) is 0.348. The summed E-state index contributed by atoms with van der Waals surface area (Å²) in [5.41, 5.74) is 1.85. The predicted molar refractivity (Wildman–Crippen MR) is 107 cm³/mol. The van der Waals surface area contributed by atoms with Crippen LogP contribution in [0.25, 0.3) is 6.08 Å². The number of ether oxygens (including phenoxy) is 2. The van der Waals surface area contributed by atoms with E-state index in [1.807, 2.05) is 54.6 Å². The molecule has 0 saturated carbocycles. The highest BCUT2D eigenvalue weighted by Gasteiger charge is 2.49. The number of nitrogens with zero attached hydrogens (tertiary/aromatic N) is 1. The lowest BCUT2D eigenvalue weighted by atomic mass is 9.77. The van der Waals surface area contributed by atoms with Gasteiger partial charge in [0.15, 0.2) is 0 Å². The number of hydrogen-bond acceptors (Lipinski definition) is 4. The summed E-state index contributed by atoms with van der Waals surface area (Å²) in [5, 5.41) is 11.4. The van der Waals surface area contributed by atoms with Gasteiger partial charge in [-0.15, -0.1) is 0 Å². The van der Waals surface area contributed by atoms with Gasteiger partial charge in [-0.25, -0.2) is 4.79 Å². The van der Waals surface area contributed by atoms with Crippen molar-refractivity contribution in [2.24, 2.45) is 0 Å². The minimum Gasteiger partial charge on any atom is -0.445 e. The first-order valence-electron chi connectivity index (χ1n) is 9.61. The van der Waals surface area contributed by atoms with Crippen molar-refractivity contribution in [2.75, 3.05) is 13.2 Å². The fourth-order valence-corrected chi connectivity index (χ4v) is 4.23. The quantitative estimate of drug-likeness (QED) is 0.880. The van der Waals surface area contributed by atoms with Gasteiger partial charge >= 0.3 is 6.09 Å². The average Bonchev–Trinajstić information content (AvgIpc) is 2.72. The Balaban J connectivity index is 1.48. The van der Waals surface area contributed by atoms with Crippen molar-refractivity contribution in [3.05, 3.63) is 77.9 Å². The highest BCUT2D eigenvalue weighted by atomic mass is 16.6. The van der Waals surface area contributed by atoms with E-state index in [4.69, 9.17) is 9.47 Å². The Morgan fingerprint density at radius 3 is 2.39 bits per heavy atom. The largest absolute Gasteiger partial charge is 0.445 e. The van der Waals surface area contributed by atoms with Crippen LogP contribution in [0, 0.1) is 0 Å². The van der Waals surface area contributed by atoms with Gasteiger partial charge in [0.1, 0.15) is 6.61 Å². The highest BCUT2D eigenvalue weighted by Crippen LogP contribution is 2.41. The Labute approximate surface area is 165 Å². The molecular formula is C23H25NO4. The lowest BCUT2D eigenvalue weighted by molar-refractivity contribution is -0.136. The third-order valence-electron chi connectivity index (χ3n) is 5.65. The van der Waals surface area contributed by atoms with Gasteiger partial charge in [-0.3, -0.25) is 4.90 Å². The number of hydrogen-bond donors (Lipinski definition) is 1. The number of amides is 1. The molecule has 2 heterocycles. The lowest BCUT2D eigenvalue weighted by Crippen LogP contribution is -2.62. The Morgan fingerprint density at radius 2 is 1.79 bits per heavy atom. The van der Waals surface area contributed by atoms with Crippen LogP contribution in [-0.4, -0.2) is 41.4 Å². The van der Waals surface area contributed by atoms with Crippen LogP contribution in [0.15, 0.2) is 61.2 Å². The molecule has 0 spiro atoms. The summed E-state index contributed by atoms with van der Waals surface area (Å²) < 4.78 is 11.2. The molecule has 2 fully saturated rings. The second kappa shape index (κ2) is 7.78. The number of piperidine rings is 1. The number of morpholine rings is 1. The van der Waals surface area contributed by atoms with Crippen molar-refractivity contribution in [1.29, 1.82) is 0 Å². The summed E-state index contributed by atoms with van der Waals surface area (Å²) >= 11 is 0. The van der Waals surface area contributed by atoms with E-state index in [1.165, 1.54) is 0 Å². The van der Waals surface area contributed by atoms with Gasteiger partial charge in [0.25, 0.3) is 0 Å². The topological polar surface area (TPSA) is 59.0 Å². The molecule has 0 aromatic heterocycles. The molecule has 2 aromatic rings. The van der Waals surface area contributed by atoms with Gasteiger partial charge < -0.3 is 14.6 Å². The number of rotatable bonds is 4. The molecule has 0 aliphatic carbocycles. The molecule has 2 bridgehead atoms. The van der Waals surface area contributed by atoms with Gasteiger partial charge in [-0.1, -0.05) is 67.3 Å². The van der Waals surface area contributed by atoms with Crippen molar-refractivity contribution < 1.29 is 19.4 Å². The Morgan fingerprint density at radius 1 is 1.14 bits per heavy atom. The van der Waals surface area contributed by atoms with Crippen molar-refractivity contribution in [3.8, 4) is 0 Å². The summed E-state index contributed by atoms with van der Waals surface area (Å²) in [4.78, 5) is 14.5. The zero-order chi connectivity index (χ0) is 19.6. The molecule has 2 aromatic carbocycles. The second-order valence-electron chi connectivity index (χ2n) is 7.56. The molecule has 1 N–H and O–H groups in total. The fourth-order valence-electron chi connectivity index (χ4n) is 4.23. The minimum absolute atomic E-state index is 0.208. The molecule has 4 rings (SSSR count). The van der Waals surface area contributed by atoms with E-state index in [-0.39, 0.29) is 24.8 Å². The molecule has 0 radical (unpaired) electrons. The molecule has 2 aliphatic rings. The number of aliphatic hydroxyl groups is 1. The number of carbonyl (C=O) groups excluding carboxylic acids is 1. The number of fused-ring (bicyclic) bond motifs is 2. The third-order valence-corrected chi connectivity index (χ3v) is 5.65. The molecule has 2 unspecified atom stereocenters. The maximum absolute atomic E-state index is 12.8. The van der Waals surface area contributed by atoms with Crippen molar-refractivity contribution in [3.63, 3.8) is 0 Å². The normalized spacial score (nSPS) is 26.5. The van der Waals surface area contributed by atoms with Crippen LogP contribution in [0.2, 0.25) is 0 Å². The maximum atomic E-state index is 12.8. The number of benzene rings is 2. The van der Waals surface area contributed by atoms with Crippen LogP contribution in [0.3, 0.4) is 0 Å². The zero-order valence-corrected chi connectivity index (χ0v) is 15.8. The minimum atomic E-state index is -0.977. The second-order valence-corrected chi connectivity index (χ2v) is 7.56. The van der Waals surface area contributed by atoms with E-state index in [2.05, 4.69) is 6.58 Å². The molecule has 2 aliphatic heterocycles. The Hall–Kier alpha value is -2.63. The molecule has 146 valence electrons. The Kier molecular flexibility index (Phi) is 5.20. The van der Waals surface area contributed by atoms with Gasteiger partial charge in [0, 0.05) is 12.8 Å². The zero-order valence-electron chi connectivity index (χ0n) is 15.8. The first kappa shape index (κ1) is 18.7. The highest BCUT2D eigenvalue weighted by molar-refractivity contribution is 5.69. The van der Waals surface area contributed by atoms with Crippen molar-refractivity contribution >= 4 is 12.2 Å². The van der Waals surface area contributed by atoms with Crippen molar-refractivity contribution in [1.82, 2.24) is 4.90 Å². The van der Waals surface area contributed by atoms with Crippen LogP contribution < -0.4 is 0 Å². The standard InChI is InChI=1S/C23H25NO4/c1-2-17-8-10-19(11-9-17)23(26)12-20-15-27-16-21(13-23)24(20)22(25)28-14-18-6-4-3-5-7-18/h2-11,20-21,26H,1,12-16H2. The smallest absolute Gasteiger partial charge is 0.410 e. The Bertz CT molecular complexity index is 819. The predicted octanol–water partition coefficient (Wildman–Crippen LogP) is 3.72. The molecule has 2 saturated heterocycles. The van der Waals surface area contributed by atoms with Crippen LogP contribution in [-0.2, 0) is 21.7 Å². The maximum Gasteiger partial charge on any atom is 0.410 e. The average molecular weight is 379 g/mol. The van der Waals surface area contributed by atoms with Gasteiger partial charge in [0.05, 0.1) is 30.9 Å². The van der Waals surface area contributed by atoms with E-state index in [0.29, 0.717) is 26.1 Å². The SMILES string of the molecule is C=Cc1ccc(C2(O)CC3COCC(C2)N3C(=O)OCc2ccccc2)cc1. The molecular weight excluding hydrogens is 354 g/mol. The molecule has 1 amide bonds. The molecule has 5 heteroatoms. The van der Waals surface area contributed by atoms with Crippen LogP contribution in [0.5, 0.6) is 0 Å². The molecule has 5 nitrogen and oxygen atoms in total. The van der Waals surface area contributed by atoms with Gasteiger partial charge in [-0.2, -0.15) is 0 Å². The summed E-state index contributed by atoms with van der Waals surface area (Å²) in [6.07, 6.45) is 2.29. The van der Waals surface area contributed by atoms with E-state index in [1.54, 1.807) is 11.0 Å². The molecule has 28 heavy (non-hydrogen) atoms. The summed E-state index contributed by atoms with van der Waals surface area (Å²) in [6, 6.07) is 17.0. The van der Waals surface area contributed by atoms with E-state index in [0.717, 1.165) is 16.7 Å². The van der Waals surface area contributed by atoms with E-state index < -0.39 is 5.60 Å². The first-order chi connectivity index (χ1) is 13.6.